The van der Waals surface area contributed by atoms with Crippen molar-refractivity contribution in [1.82, 2.24) is 5.32 Å². The van der Waals surface area contributed by atoms with E-state index in [4.69, 9.17) is 4.74 Å². The van der Waals surface area contributed by atoms with E-state index in [1.807, 2.05) is 31.2 Å². The molecule has 1 aromatic carbocycles. The first-order chi connectivity index (χ1) is 9.47. The van der Waals surface area contributed by atoms with Gasteiger partial charge in [0.25, 0.3) is 0 Å². The molecule has 20 heavy (non-hydrogen) atoms. The quantitative estimate of drug-likeness (QED) is 0.713. The predicted octanol–water partition coefficient (Wildman–Crippen LogP) is 2.88. The number of benzene rings is 1. The van der Waals surface area contributed by atoms with E-state index in [2.05, 4.69) is 21.2 Å². The van der Waals surface area contributed by atoms with E-state index in [9.17, 15) is 9.90 Å². The Bertz CT molecular complexity index is 406. The first kappa shape index (κ1) is 17.0. The standard InChI is InChI=1S/C15H22BrNO3/c1-11(10-12(2)18)17-15(19)4-3-9-20-14-7-5-13(16)6-8-14/h5-8,11-12,18H,3-4,9-10H2,1-2H3,(H,17,19). The van der Waals surface area contributed by atoms with Gasteiger partial charge in [-0.05, 0) is 51.0 Å². The van der Waals surface area contributed by atoms with Crippen molar-refractivity contribution in [3.05, 3.63) is 28.7 Å². The van der Waals surface area contributed by atoms with Gasteiger partial charge in [-0.2, -0.15) is 0 Å². The van der Waals surface area contributed by atoms with Crippen LogP contribution in [0.2, 0.25) is 0 Å². The van der Waals surface area contributed by atoms with Gasteiger partial charge in [-0.1, -0.05) is 15.9 Å². The molecule has 0 radical (unpaired) electrons. The highest BCUT2D eigenvalue weighted by atomic mass is 79.9. The molecule has 5 heteroatoms. The number of amides is 1. The van der Waals surface area contributed by atoms with E-state index in [-0.39, 0.29) is 11.9 Å². The SMILES string of the molecule is CC(O)CC(C)NC(=O)CCCOc1ccc(Br)cc1. The Hall–Kier alpha value is -1.07. The van der Waals surface area contributed by atoms with Gasteiger partial charge in [0.1, 0.15) is 5.75 Å². The summed E-state index contributed by atoms with van der Waals surface area (Å²) in [5, 5.41) is 12.1. The van der Waals surface area contributed by atoms with Crippen molar-refractivity contribution in [3.63, 3.8) is 0 Å². The number of hydrogen-bond donors (Lipinski definition) is 2. The predicted molar refractivity (Wildman–Crippen MR) is 82.8 cm³/mol. The molecule has 2 unspecified atom stereocenters. The number of rotatable bonds is 8. The molecule has 0 saturated carbocycles. The molecule has 1 aromatic rings. The van der Waals surface area contributed by atoms with Crippen LogP contribution in [0.25, 0.3) is 0 Å². The van der Waals surface area contributed by atoms with Gasteiger partial charge in [-0.25, -0.2) is 0 Å². The number of carbonyl (C=O) groups is 1. The first-order valence-corrected chi connectivity index (χ1v) is 7.62. The van der Waals surface area contributed by atoms with E-state index in [1.54, 1.807) is 6.92 Å². The van der Waals surface area contributed by atoms with E-state index in [0.717, 1.165) is 10.2 Å². The maximum Gasteiger partial charge on any atom is 0.220 e. The third-order valence-electron chi connectivity index (χ3n) is 2.73. The minimum absolute atomic E-state index is 0.00226. The monoisotopic (exact) mass is 343 g/mol. The van der Waals surface area contributed by atoms with Crippen LogP contribution in [0, 0.1) is 0 Å². The smallest absolute Gasteiger partial charge is 0.220 e. The molecule has 1 rings (SSSR count). The van der Waals surface area contributed by atoms with Crippen LogP contribution < -0.4 is 10.1 Å². The summed E-state index contributed by atoms with van der Waals surface area (Å²) in [6, 6.07) is 7.60. The van der Waals surface area contributed by atoms with Gasteiger partial charge in [-0.15, -0.1) is 0 Å². The summed E-state index contributed by atoms with van der Waals surface area (Å²) in [6.45, 7) is 4.12. The van der Waals surface area contributed by atoms with Crippen LogP contribution in [-0.4, -0.2) is 29.8 Å². The molecule has 0 aliphatic rings. The van der Waals surface area contributed by atoms with Crippen LogP contribution in [0.5, 0.6) is 5.75 Å². The summed E-state index contributed by atoms with van der Waals surface area (Å²) >= 11 is 3.36. The van der Waals surface area contributed by atoms with Crippen molar-refractivity contribution >= 4 is 21.8 Å². The van der Waals surface area contributed by atoms with E-state index >= 15 is 0 Å². The van der Waals surface area contributed by atoms with Crippen molar-refractivity contribution in [1.29, 1.82) is 0 Å². The van der Waals surface area contributed by atoms with Gasteiger partial charge in [0.2, 0.25) is 5.91 Å². The van der Waals surface area contributed by atoms with Crippen LogP contribution in [0.4, 0.5) is 0 Å². The fourth-order valence-corrected chi connectivity index (χ4v) is 2.14. The highest BCUT2D eigenvalue weighted by Crippen LogP contribution is 2.16. The van der Waals surface area contributed by atoms with E-state index < -0.39 is 6.10 Å². The second-order valence-corrected chi connectivity index (χ2v) is 5.87. The van der Waals surface area contributed by atoms with Gasteiger partial charge in [-0.3, -0.25) is 4.79 Å². The molecule has 0 bridgehead atoms. The summed E-state index contributed by atoms with van der Waals surface area (Å²) in [7, 11) is 0. The summed E-state index contributed by atoms with van der Waals surface area (Å²) in [6.07, 6.45) is 1.27. The minimum Gasteiger partial charge on any atom is -0.494 e. The Morgan fingerprint density at radius 2 is 2.00 bits per heavy atom. The van der Waals surface area contributed by atoms with E-state index in [0.29, 0.717) is 25.9 Å². The van der Waals surface area contributed by atoms with E-state index in [1.165, 1.54) is 0 Å². The highest BCUT2D eigenvalue weighted by Gasteiger charge is 2.09. The maximum atomic E-state index is 11.6. The summed E-state index contributed by atoms with van der Waals surface area (Å²) in [5.74, 6) is 0.800. The number of nitrogens with one attached hydrogen (secondary N) is 1. The third kappa shape index (κ3) is 7.50. The lowest BCUT2D eigenvalue weighted by molar-refractivity contribution is -0.122. The lowest BCUT2D eigenvalue weighted by atomic mass is 10.1. The molecule has 0 fully saturated rings. The van der Waals surface area contributed by atoms with Crippen LogP contribution in [0.3, 0.4) is 0 Å². The Balaban J connectivity index is 2.14. The van der Waals surface area contributed by atoms with Gasteiger partial charge < -0.3 is 15.2 Å². The van der Waals surface area contributed by atoms with Crippen molar-refractivity contribution in [2.24, 2.45) is 0 Å². The van der Waals surface area contributed by atoms with Crippen LogP contribution >= 0.6 is 15.9 Å². The third-order valence-corrected chi connectivity index (χ3v) is 3.26. The zero-order valence-electron chi connectivity index (χ0n) is 11.9. The molecule has 4 nitrogen and oxygen atoms in total. The fraction of sp³-hybridized carbons (Fsp3) is 0.533. The molecule has 1 amide bonds. The zero-order valence-corrected chi connectivity index (χ0v) is 13.5. The Morgan fingerprint density at radius 1 is 1.35 bits per heavy atom. The Morgan fingerprint density at radius 3 is 2.60 bits per heavy atom. The normalized spacial score (nSPS) is 13.6. The average Bonchev–Trinajstić information content (AvgIpc) is 2.35. The molecule has 0 aromatic heterocycles. The zero-order chi connectivity index (χ0) is 15.0. The van der Waals surface area contributed by atoms with Crippen molar-refractivity contribution < 1.29 is 14.6 Å². The summed E-state index contributed by atoms with van der Waals surface area (Å²) in [5.41, 5.74) is 0. The molecule has 2 N–H and O–H groups in total. The van der Waals surface area contributed by atoms with Crippen molar-refractivity contribution in [3.8, 4) is 5.75 Å². The van der Waals surface area contributed by atoms with Crippen molar-refractivity contribution in [2.75, 3.05) is 6.61 Å². The Labute approximate surface area is 128 Å². The molecule has 0 aliphatic heterocycles. The minimum atomic E-state index is -0.397. The summed E-state index contributed by atoms with van der Waals surface area (Å²) in [4.78, 5) is 11.6. The molecule has 2 atom stereocenters. The highest BCUT2D eigenvalue weighted by molar-refractivity contribution is 9.10. The van der Waals surface area contributed by atoms with Gasteiger partial charge in [0, 0.05) is 16.9 Å². The van der Waals surface area contributed by atoms with Gasteiger partial charge >= 0.3 is 0 Å². The molecule has 0 saturated heterocycles. The molecular weight excluding hydrogens is 322 g/mol. The van der Waals surface area contributed by atoms with Crippen molar-refractivity contribution in [2.45, 2.75) is 45.3 Å². The first-order valence-electron chi connectivity index (χ1n) is 6.83. The lowest BCUT2D eigenvalue weighted by Crippen LogP contribution is -2.34. The van der Waals surface area contributed by atoms with Gasteiger partial charge in [0.15, 0.2) is 0 Å². The molecule has 0 aliphatic carbocycles. The second kappa shape index (κ2) is 8.97. The molecule has 0 spiro atoms. The topological polar surface area (TPSA) is 58.6 Å². The molecule has 112 valence electrons. The van der Waals surface area contributed by atoms with Gasteiger partial charge in [0.05, 0.1) is 12.7 Å². The number of hydrogen-bond acceptors (Lipinski definition) is 3. The molecule has 0 heterocycles. The Kier molecular flexibility index (Phi) is 7.62. The lowest BCUT2D eigenvalue weighted by Gasteiger charge is -2.15. The number of halogens is 1. The molecular formula is C15H22BrNO3. The largest absolute Gasteiger partial charge is 0.494 e. The number of aliphatic hydroxyl groups is 1. The van der Waals surface area contributed by atoms with Crippen LogP contribution in [0.15, 0.2) is 28.7 Å². The number of ether oxygens (including phenoxy) is 1. The van der Waals surface area contributed by atoms with Crippen LogP contribution in [0.1, 0.15) is 33.1 Å². The maximum absolute atomic E-state index is 11.6. The second-order valence-electron chi connectivity index (χ2n) is 4.96. The number of carbonyl (C=O) groups excluding carboxylic acids is 1. The average molecular weight is 344 g/mol. The van der Waals surface area contributed by atoms with Crippen LogP contribution in [-0.2, 0) is 4.79 Å². The number of aliphatic hydroxyl groups excluding tert-OH is 1. The summed E-state index contributed by atoms with van der Waals surface area (Å²) < 4.78 is 6.55. The fourth-order valence-electron chi connectivity index (χ4n) is 1.87.